The van der Waals surface area contributed by atoms with E-state index in [1.165, 1.54) is 6.07 Å². The molecule has 1 aliphatic rings. The standard InChI is InChI=1S/C24H19ClF2O/c25-19-11-9-18(10-12-19)24(17-7-8-17)22(27)14-16-6-13-21(26)23(15-16)28-20-4-2-1-3-5-20/h1-6,9-13,15,17H,7-8,14H2. The van der Waals surface area contributed by atoms with Gasteiger partial charge in [0.2, 0.25) is 0 Å². The van der Waals surface area contributed by atoms with Crippen molar-refractivity contribution in [2.45, 2.75) is 19.3 Å². The maximum atomic E-state index is 15.2. The van der Waals surface area contributed by atoms with E-state index in [-0.39, 0.29) is 23.9 Å². The molecule has 142 valence electrons. The first-order valence-corrected chi connectivity index (χ1v) is 9.64. The van der Waals surface area contributed by atoms with Crippen molar-refractivity contribution in [3.05, 3.63) is 101 Å². The van der Waals surface area contributed by atoms with Crippen molar-refractivity contribution in [1.82, 2.24) is 0 Å². The van der Waals surface area contributed by atoms with Crippen molar-refractivity contribution in [3.8, 4) is 11.5 Å². The van der Waals surface area contributed by atoms with E-state index in [4.69, 9.17) is 16.3 Å². The summed E-state index contributed by atoms with van der Waals surface area (Å²) in [7, 11) is 0. The zero-order valence-corrected chi connectivity index (χ0v) is 15.9. The van der Waals surface area contributed by atoms with Crippen LogP contribution < -0.4 is 4.74 Å². The van der Waals surface area contributed by atoms with Gasteiger partial charge in [0.05, 0.1) is 0 Å². The summed E-state index contributed by atoms with van der Waals surface area (Å²) in [6, 6.07) is 20.7. The third-order valence-corrected chi connectivity index (χ3v) is 5.01. The molecule has 0 radical (unpaired) electrons. The molecule has 0 saturated heterocycles. The van der Waals surface area contributed by atoms with Crippen LogP contribution in [-0.4, -0.2) is 0 Å². The molecule has 1 nitrogen and oxygen atoms in total. The molecule has 0 aromatic heterocycles. The lowest BCUT2D eigenvalue weighted by Gasteiger charge is -2.12. The van der Waals surface area contributed by atoms with Gasteiger partial charge in [0.15, 0.2) is 11.6 Å². The van der Waals surface area contributed by atoms with E-state index in [0.717, 1.165) is 24.0 Å². The van der Waals surface area contributed by atoms with Gasteiger partial charge in [-0.3, -0.25) is 0 Å². The summed E-state index contributed by atoms with van der Waals surface area (Å²) in [6.45, 7) is 0. The molecule has 0 spiro atoms. The number of ether oxygens (including phenoxy) is 1. The third-order valence-electron chi connectivity index (χ3n) is 4.76. The van der Waals surface area contributed by atoms with Crippen LogP contribution in [0.5, 0.6) is 11.5 Å². The van der Waals surface area contributed by atoms with Crippen LogP contribution in [0.2, 0.25) is 5.02 Å². The van der Waals surface area contributed by atoms with Crippen molar-refractivity contribution in [2.75, 3.05) is 0 Å². The van der Waals surface area contributed by atoms with Crippen LogP contribution in [0.4, 0.5) is 8.78 Å². The quantitative estimate of drug-likeness (QED) is 0.416. The molecule has 0 bridgehead atoms. The van der Waals surface area contributed by atoms with Gasteiger partial charge >= 0.3 is 0 Å². The molecule has 3 aromatic carbocycles. The fraction of sp³-hybridized carbons (Fsp3) is 0.167. The first kappa shape index (κ1) is 18.7. The van der Waals surface area contributed by atoms with Gasteiger partial charge in [-0.15, -0.1) is 0 Å². The highest BCUT2D eigenvalue weighted by molar-refractivity contribution is 6.30. The highest BCUT2D eigenvalue weighted by Gasteiger charge is 2.30. The molecule has 4 heteroatoms. The second-order valence-corrected chi connectivity index (χ2v) is 7.39. The minimum atomic E-state index is -0.475. The molecule has 0 unspecified atom stereocenters. The van der Waals surface area contributed by atoms with Gasteiger partial charge in [-0.1, -0.05) is 48.0 Å². The summed E-state index contributed by atoms with van der Waals surface area (Å²) >= 11 is 5.96. The minimum absolute atomic E-state index is 0.0935. The third kappa shape index (κ3) is 4.42. The average molecular weight is 397 g/mol. The van der Waals surface area contributed by atoms with Gasteiger partial charge in [0, 0.05) is 11.4 Å². The Morgan fingerprint density at radius 3 is 2.36 bits per heavy atom. The molecule has 1 saturated carbocycles. The van der Waals surface area contributed by atoms with E-state index < -0.39 is 5.82 Å². The lowest BCUT2D eigenvalue weighted by Crippen LogP contribution is -1.96. The maximum Gasteiger partial charge on any atom is 0.165 e. The Bertz CT molecular complexity index is 993. The van der Waals surface area contributed by atoms with E-state index in [2.05, 4.69) is 0 Å². The van der Waals surface area contributed by atoms with Crippen LogP contribution in [-0.2, 0) is 6.42 Å². The Morgan fingerprint density at radius 1 is 0.964 bits per heavy atom. The molecule has 0 heterocycles. The number of para-hydroxylation sites is 1. The predicted octanol–water partition coefficient (Wildman–Crippen LogP) is 7.60. The number of hydrogen-bond acceptors (Lipinski definition) is 1. The van der Waals surface area contributed by atoms with E-state index >= 15 is 4.39 Å². The molecule has 1 fully saturated rings. The Hall–Kier alpha value is -2.65. The molecule has 0 amide bonds. The van der Waals surface area contributed by atoms with Gasteiger partial charge < -0.3 is 4.74 Å². The molecule has 0 aliphatic heterocycles. The molecule has 1 aliphatic carbocycles. The summed E-state index contributed by atoms with van der Waals surface area (Å²) < 4.78 is 35.0. The van der Waals surface area contributed by atoms with Crippen LogP contribution in [0.15, 0.2) is 78.6 Å². The van der Waals surface area contributed by atoms with Crippen molar-refractivity contribution in [3.63, 3.8) is 0 Å². The first-order chi connectivity index (χ1) is 13.6. The van der Waals surface area contributed by atoms with Crippen molar-refractivity contribution in [1.29, 1.82) is 0 Å². The summed E-state index contributed by atoms with van der Waals surface area (Å²) in [5, 5.41) is 0.626. The Labute approximate surface area is 168 Å². The normalized spacial score (nSPS) is 14.5. The summed E-state index contributed by atoms with van der Waals surface area (Å²) in [5.74, 6) is 0.200. The predicted molar refractivity (Wildman–Crippen MR) is 109 cm³/mol. The second-order valence-electron chi connectivity index (χ2n) is 6.96. The maximum absolute atomic E-state index is 15.2. The summed E-state index contributed by atoms with van der Waals surface area (Å²) in [6.07, 6.45) is 2.06. The van der Waals surface area contributed by atoms with Crippen molar-refractivity contribution < 1.29 is 13.5 Å². The number of halogens is 3. The second kappa shape index (κ2) is 8.15. The number of rotatable bonds is 6. The zero-order valence-electron chi connectivity index (χ0n) is 15.2. The summed E-state index contributed by atoms with van der Waals surface area (Å²) in [5.41, 5.74) is 2.25. The fourth-order valence-electron chi connectivity index (χ4n) is 3.24. The number of benzene rings is 3. The van der Waals surface area contributed by atoms with E-state index in [1.807, 2.05) is 30.3 Å². The highest BCUT2D eigenvalue weighted by atomic mass is 35.5. The molecular weight excluding hydrogens is 378 g/mol. The highest BCUT2D eigenvalue weighted by Crippen LogP contribution is 2.44. The monoisotopic (exact) mass is 396 g/mol. The van der Waals surface area contributed by atoms with Crippen LogP contribution >= 0.6 is 11.6 Å². The van der Waals surface area contributed by atoms with Crippen molar-refractivity contribution in [2.24, 2.45) is 5.92 Å². The van der Waals surface area contributed by atoms with Gasteiger partial charge in [-0.05, 0) is 71.9 Å². The van der Waals surface area contributed by atoms with Gasteiger partial charge in [-0.2, -0.15) is 0 Å². The van der Waals surface area contributed by atoms with Gasteiger partial charge in [-0.25, -0.2) is 8.78 Å². The molecule has 28 heavy (non-hydrogen) atoms. The van der Waals surface area contributed by atoms with Crippen LogP contribution in [0, 0.1) is 11.7 Å². The van der Waals surface area contributed by atoms with Crippen LogP contribution in [0.1, 0.15) is 24.0 Å². The molecule has 3 aromatic rings. The van der Waals surface area contributed by atoms with E-state index in [9.17, 15) is 4.39 Å². The molecule has 0 N–H and O–H groups in total. The van der Waals surface area contributed by atoms with Crippen LogP contribution in [0.25, 0.3) is 5.57 Å². The average Bonchev–Trinajstić information content (AvgIpc) is 3.52. The van der Waals surface area contributed by atoms with E-state index in [1.54, 1.807) is 36.4 Å². The molecular formula is C24H19ClF2O. The smallest absolute Gasteiger partial charge is 0.165 e. The van der Waals surface area contributed by atoms with Gasteiger partial charge in [0.25, 0.3) is 0 Å². The minimum Gasteiger partial charge on any atom is -0.454 e. The van der Waals surface area contributed by atoms with E-state index in [0.29, 0.717) is 16.3 Å². The number of hydrogen-bond donors (Lipinski definition) is 0. The number of allylic oxidation sites excluding steroid dienone is 2. The lowest BCUT2D eigenvalue weighted by molar-refractivity contribution is 0.441. The largest absolute Gasteiger partial charge is 0.454 e. The topological polar surface area (TPSA) is 9.23 Å². The molecule has 0 atom stereocenters. The fourth-order valence-corrected chi connectivity index (χ4v) is 3.37. The SMILES string of the molecule is FC(Cc1ccc(F)c(Oc2ccccc2)c1)=C(c1ccc(Cl)cc1)C1CC1. The Kier molecular flexibility index (Phi) is 5.45. The van der Waals surface area contributed by atoms with Gasteiger partial charge in [0.1, 0.15) is 11.6 Å². The first-order valence-electron chi connectivity index (χ1n) is 9.26. The lowest BCUT2D eigenvalue weighted by atomic mass is 9.97. The summed E-state index contributed by atoms with van der Waals surface area (Å²) in [4.78, 5) is 0. The van der Waals surface area contributed by atoms with Crippen LogP contribution in [0.3, 0.4) is 0 Å². The zero-order chi connectivity index (χ0) is 19.5. The Balaban J connectivity index is 1.61. The van der Waals surface area contributed by atoms with Crippen molar-refractivity contribution >= 4 is 17.2 Å². The molecule has 4 rings (SSSR count). The Morgan fingerprint density at radius 2 is 1.68 bits per heavy atom.